The Labute approximate surface area is 108 Å². The van der Waals surface area contributed by atoms with Gasteiger partial charge >= 0.3 is 18.9 Å². The number of carbonyl (C=O) groups is 1. The van der Waals surface area contributed by atoms with Gasteiger partial charge in [0.2, 0.25) is 0 Å². The van der Waals surface area contributed by atoms with Crippen LogP contribution in [0.15, 0.2) is 24.3 Å². The monoisotopic (exact) mass is 212 g/mol. The summed E-state index contributed by atoms with van der Waals surface area (Å²) in [6, 6.07) is 7.63. The Balaban J connectivity index is 0.00000128. The second kappa shape index (κ2) is 6.10. The molecule has 1 saturated heterocycles. The van der Waals surface area contributed by atoms with Crippen molar-refractivity contribution in [1.82, 2.24) is 10.6 Å². The first-order valence-electron chi connectivity index (χ1n) is 5.36. The van der Waals surface area contributed by atoms with Crippen LogP contribution in [0.25, 0.3) is 0 Å². The second-order valence-electron chi connectivity index (χ2n) is 3.99. The third kappa shape index (κ3) is 3.38. The standard InChI is InChI=1S/C12H16N2O.Li.H/c1-9-4-6-10(7-5-9)12(15)14-11-3-2-8-13-11;;/h4-7,11,13H,2-3,8H2,1H3,(H,14,15);;. The van der Waals surface area contributed by atoms with Gasteiger partial charge in [-0.1, -0.05) is 17.7 Å². The van der Waals surface area contributed by atoms with Crippen LogP contribution in [-0.2, 0) is 0 Å². The molecule has 1 aliphatic rings. The summed E-state index contributed by atoms with van der Waals surface area (Å²) in [5, 5.41) is 6.20. The van der Waals surface area contributed by atoms with Crippen LogP contribution in [0, 0.1) is 6.92 Å². The van der Waals surface area contributed by atoms with Gasteiger partial charge in [0.05, 0.1) is 6.17 Å². The topological polar surface area (TPSA) is 41.1 Å². The number of carbonyl (C=O) groups excluding carboxylic acids is 1. The number of hydrogen-bond donors (Lipinski definition) is 2. The van der Waals surface area contributed by atoms with Gasteiger partial charge in [-0.15, -0.1) is 0 Å². The first kappa shape index (κ1) is 13.3. The number of amides is 1. The molecule has 0 radical (unpaired) electrons. The van der Waals surface area contributed by atoms with E-state index in [1.54, 1.807) is 0 Å². The molecule has 82 valence electrons. The number of aryl methyl sites for hydroxylation is 1. The fourth-order valence-corrected chi connectivity index (χ4v) is 1.75. The Bertz CT molecular complexity index is 345. The van der Waals surface area contributed by atoms with E-state index in [2.05, 4.69) is 10.6 Å². The number of benzene rings is 1. The van der Waals surface area contributed by atoms with Crippen molar-refractivity contribution in [1.29, 1.82) is 0 Å². The number of nitrogens with one attached hydrogen (secondary N) is 2. The van der Waals surface area contributed by atoms with Crippen LogP contribution >= 0.6 is 0 Å². The van der Waals surface area contributed by atoms with Crippen LogP contribution in [-0.4, -0.2) is 37.5 Å². The molecule has 1 amide bonds. The molecule has 1 heterocycles. The molecule has 2 rings (SSSR count). The van der Waals surface area contributed by atoms with Gasteiger partial charge in [0, 0.05) is 5.56 Å². The van der Waals surface area contributed by atoms with Gasteiger partial charge in [0.15, 0.2) is 0 Å². The Morgan fingerprint density at radius 2 is 2.06 bits per heavy atom. The predicted octanol–water partition coefficient (Wildman–Crippen LogP) is 0.786. The van der Waals surface area contributed by atoms with E-state index >= 15 is 0 Å². The SMILES string of the molecule is Cc1ccc(C(=O)NC2CCCN2)cc1.[LiH]. The summed E-state index contributed by atoms with van der Waals surface area (Å²) in [5.41, 5.74) is 1.90. The van der Waals surface area contributed by atoms with E-state index in [9.17, 15) is 4.79 Å². The first-order chi connectivity index (χ1) is 7.25. The quantitative estimate of drug-likeness (QED) is 0.711. The molecule has 1 aromatic carbocycles. The minimum atomic E-state index is 0. The Hall–Kier alpha value is -0.753. The molecule has 1 atom stereocenters. The van der Waals surface area contributed by atoms with Crippen LogP contribution in [0.1, 0.15) is 28.8 Å². The van der Waals surface area contributed by atoms with Gasteiger partial charge in [0.1, 0.15) is 0 Å². The average Bonchev–Trinajstić information content (AvgIpc) is 2.71. The van der Waals surface area contributed by atoms with Crippen LogP contribution in [0.2, 0.25) is 0 Å². The van der Waals surface area contributed by atoms with Gasteiger partial charge < -0.3 is 5.32 Å². The van der Waals surface area contributed by atoms with Gasteiger partial charge in [-0.2, -0.15) is 0 Å². The molecular formula is C12H17LiN2O. The van der Waals surface area contributed by atoms with Crippen LogP contribution in [0.3, 0.4) is 0 Å². The van der Waals surface area contributed by atoms with E-state index in [0.717, 1.165) is 24.9 Å². The first-order valence-corrected chi connectivity index (χ1v) is 5.36. The van der Waals surface area contributed by atoms with E-state index in [1.165, 1.54) is 5.56 Å². The van der Waals surface area contributed by atoms with Gasteiger partial charge in [-0.3, -0.25) is 10.1 Å². The maximum absolute atomic E-state index is 11.8. The molecule has 2 N–H and O–H groups in total. The fourth-order valence-electron chi connectivity index (χ4n) is 1.75. The summed E-state index contributed by atoms with van der Waals surface area (Å²) in [7, 11) is 0. The van der Waals surface area contributed by atoms with E-state index in [1.807, 2.05) is 31.2 Å². The molecular weight excluding hydrogens is 195 g/mol. The predicted molar refractivity (Wildman–Crippen MR) is 66.8 cm³/mol. The number of hydrogen-bond acceptors (Lipinski definition) is 2. The van der Waals surface area contributed by atoms with Gasteiger partial charge in [-0.05, 0) is 38.4 Å². The Morgan fingerprint density at radius 1 is 1.38 bits per heavy atom. The van der Waals surface area contributed by atoms with Crippen molar-refractivity contribution in [3.05, 3.63) is 35.4 Å². The molecule has 0 bridgehead atoms. The van der Waals surface area contributed by atoms with Gasteiger partial charge in [0.25, 0.3) is 5.91 Å². The van der Waals surface area contributed by atoms with E-state index in [-0.39, 0.29) is 30.9 Å². The molecule has 0 spiro atoms. The summed E-state index contributed by atoms with van der Waals surface area (Å²) in [6.45, 7) is 3.01. The van der Waals surface area contributed by atoms with Crippen molar-refractivity contribution in [2.24, 2.45) is 0 Å². The third-order valence-corrected chi connectivity index (χ3v) is 2.68. The minimum absolute atomic E-state index is 0. The molecule has 3 nitrogen and oxygen atoms in total. The van der Waals surface area contributed by atoms with Crippen LogP contribution < -0.4 is 10.6 Å². The molecule has 1 unspecified atom stereocenters. The molecule has 0 saturated carbocycles. The van der Waals surface area contributed by atoms with Crippen LogP contribution in [0.4, 0.5) is 0 Å². The van der Waals surface area contributed by atoms with Crippen molar-refractivity contribution in [3.63, 3.8) is 0 Å². The van der Waals surface area contributed by atoms with Crippen molar-refractivity contribution >= 4 is 24.8 Å². The normalized spacial score (nSPS) is 18.9. The summed E-state index contributed by atoms with van der Waals surface area (Å²) in [6.07, 6.45) is 2.31. The van der Waals surface area contributed by atoms with Crippen molar-refractivity contribution in [2.75, 3.05) is 6.54 Å². The molecule has 1 aliphatic heterocycles. The van der Waals surface area contributed by atoms with E-state index < -0.39 is 0 Å². The average molecular weight is 212 g/mol. The molecule has 1 aromatic rings. The molecule has 16 heavy (non-hydrogen) atoms. The Kier molecular flexibility index (Phi) is 5.07. The summed E-state index contributed by atoms with van der Waals surface area (Å²) in [5.74, 6) is 0.00870. The zero-order valence-electron chi connectivity index (χ0n) is 8.92. The summed E-state index contributed by atoms with van der Waals surface area (Å²) >= 11 is 0. The summed E-state index contributed by atoms with van der Waals surface area (Å²) < 4.78 is 0. The van der Waals surface area contributed by atoms with Crippen LogP contribution in [0.5, 0.6) is 0 Å². The number of rotatable bonds is 2. The maximum atomic E-state index is 11.8. The third-order valence-electron chi connectivity index (χ3n) is 2.68. The van der Waals surface area contributed by atoms with Gasteiger partial charge in [-0.25, -0.2) is 0 Å². The summed E-state index contributed by atoms with van der Waals surface area (Å²) in [4.78, 5) is 11.8. The zero-order chi connectivity index (χ0) is 10.7. The Morgan fingerprint density at radius 3 is 2.62 bits per heavy atom. The van der Waals surface area contributed by atoms with Crippen molar-refractivity contribution < 1.29 is 4.79 Å². The van der Waals surface area contributed by atoms with E-state index in [4.69, 9.17) is 0 Å². The second-order valence-corrected chi connectivity index (χ2v) is 3.99. The zero-order valence-corrected chi connectivity index (χ0v) is 8.92. The molecule has 4 heteroatoms. The molecule has 1 fully saturated rings. The van der Waals surface area contributed by atoms with Crippen molar-refractivity contribution in [2.45, 2.75) is 25.9 Å². The fraction of sp³-hybridized carbons (Fsp3) is 0.417. The molecule has 0 aliphatic carbocycles. The molecule has 0 aromatic heterocycles. The van der Waals surface area contributed by atoms with Crippen molar-refractivity contribution in [3.8, 4) is 0 Å². The van der Waals surface area contributed by atoms with E-state index in [0.29, 0.717) is 0 Å².